The second-order valence-corrected chi connectivity index (χ2v) is 5.96. The van der Waals surface area contributed by atoms with Crippen LogP contribution in [0.1, 0.15) is 25.3 Å². The highest BCUT2D eigenvalue weighted by molar-refractivity contribution is 5.88. The van der Waals surface area contributed by atoms with Crippen LogP contribution in [0.15, 0.2) is 39.9 Å². The van der Waals surface area contributed by atoms with E-state index in [0.29, 0.717) is 12.2 Å². The van der Waals surface area contributed by atoms with Crippen molar-refractivity contribution in [2.24, 2.45) is 0 Å². The van der Waals surface area contributed by atoms with E-state index in [1.807, 2.05) is 38.1 Å². The van der Waals surface area contributed by atoms with Gasteiger partial charge in [-0.25, -0.2) is 4.98 Å². The van der Waals surface area contributed by atoms with Gasteiger partial charge in [-0.1, -0.05) is 48.3 Å². The number of carbonyl (C=O) groups excluding carboxylic acids is 1. The summed E-state index contributed by atoms with van der Waals surface area (Å²) < 4.78 is 6.46. The van der Waals surface area contributed by atoms with E-state index in [1.54, 1.807) is 0 Å². The molecule has 3 rings (SSSR count). The number of aromatic nitrogens is 3. The molecule has 0 unspecified atom stereocenters. The summed E-state index contributed by atoms with van der Waals surface area (Å²) in [6.07, 6.45) is 3.21. The van der Waals surface area contributed by atoms with Crippen LogP contribution >= 0.6 is 0 Å². The number of fused-ring (bicyclic) bond motifs is 1. The molecule has 0 spiro atoms. The zero-order chi connectivity index (χ0) is 17.8. The van der Waals surface area contributed by atoms with Crippen molar-refractivity contribution in [2.75, 3.05) is 6.54 Å². The van der Waals surface area contributed by atoms with E-state index in [4.69, 9.17) is 4.52 Å². The summed E-state index contributed by atoms with van der Waals surface area (Å²) in [5.41, 5.74) is 2.15. The topological polar surface area (TPSA) is 90.0 Å². The maximum Gasteiger partial charge on any atom is 0.267 e. The second-order valence-electron chi connectivity index (χ2n) is 5.96. The van der Waals surface area contributed by atoms with Crippen LogP contribution in [0, 0.1) is 6.92 Å². The summed E-state index contributed by atoms with van der Waals surface area (Å²) in [4.78, 5) is 28.8. The van der Waals surface area contributed by atoms with Crippen molar-refractivity contribution in [3.8, 4) is 11.3 Å². The molecule has 2 heterocycles. The number of unbranched alkanes of at least 4 members (excludes halogenated alkanes) is 1. The molecule has 7 heteroatoms. The molecule has 0 saturated heterocycles. The van der Waals surface area contributed by atoms with E-state index in [1.165, 1.54) is 10.9 Å². The fourth-order valence-electron chi connectivity index (χ4n) is 2.52. The monoisotopic (exact) mass is 340 g/mol. The minimum atomic E-state index is -0.340. The highest BCUT2D eigenvalue weighted by Crippen LogP contribution is 2.24. The highest BCUT2D eigenvalue weighted by atomic mass is 16.5. The molecule has 0 aliphatic rings. The van der Waals surface area contributed by atoms with Gasteiger partial charge in [0.2, 0.25) is 5.91 Å². The number of rotatable bonds is 6. The van der Waals surface area contributed by atoms with Crippen molar-refractivity contribution in [3.63, 3.8) is 0 Å². The Morgan fingerprint density at radius 3 is 2.76 bits per heavy atom. The average molecular weight is 340 g/mol. The number of carbonyl (C=O) groups is 1. The Morgan fingerprint density at radius 1 is 1.28 bits per heavy atom. The van der Waals surface area contributed by atoms with Crippen molar-refractivity contribution >= 4 is 17.0 Å². The zero-order valence-electron chi connectivity index (χ0n) is 14.3. The Bertz CT molecular complexity index is 941. The summed E-state index contributed by atoms with van der Waals surface area (Å²) in [6, 6.07) is 7.62. The smallest absolute Gasteiger partial charge is 0.267 e. The first-order valence-corrected chi connectivity index (χ1v) is 8.28. The van der Waals surface area contributed by atoms with Gasteiger partial charge in [0.1, 0.15) is 24.0 Å². The van der Waals surface area contributed by atoms with Crippen molar-refractivity contribution < 1.29 is 9.32 Å². The first-order chi connectivity index (χ1) is 12.1. The minimum absolute atomic E-state index is 0.0794. The lowest BCUT2D eigenvalue weighted by atomic mass is 10.1. The lowest BCUT2D eigenvalue weighted by Crippen LogP contribution is -2.32. The number of benzene rings is 1. The highest BCUT2D eigenvalue weighted by Gasteiger charge is 2.17. The molecule has 3 aromatic rings. The van der Waals surface area contributed by atoms with Crippen LogP contribution in [-0.2, 0) is 11.3 Å². The zero-order valence-corrected chi connectivity index (χ0v) is 14.3. The molecular weight excluding hydrogens is 320 g/mol. The first kappa shape index (κ1) is 16.9. The third kappa shape index (κ3) is 3.60. The summed E-state index contributed by atoms with van der Waals surface area (Å²) in [7, 11) is 0. The molecule has 0 aliphatic heterocycles. The third-order valence-corrected chi connectivity index (χ3v) is 3.95. The minimum Gasteiger partial charge on any atom is -0.355 e. The van der Waals surface area contributed by atoms with Gasteiger partial charge in [0, 0.05) is 12.1 Å². The molecule has 1 N–H and O–H groups in total. The SMILES string of the molecule is CCCCNC(=O)Cn1cnc2onc(-c3ccc(C)cc3)c2c1=O. The molecule has 130 valence electrons. The van der Waals surface area contributed by atoms with Gasteiger partial charge in [0.05, 0.1) is 0 Å². The lowest BCUT2D eigenvalue weighted by molar-refractivity contribution is -0.121. The fraction of sp³-hybridized carbons (Fsp3) is 0.333. The maximum atomic E-state index is 12.8. The van der Waals surface area contributed by atoms with E-state index >= 15 is 0 Å². The maximum absolute atomic E-state index is 12.8. The number of hydrogen-bond acceptors (Lipinski definition) is 5. The van der Waals surface area contributed by atoms with Crippen LogP contribution in [0.4, 0.5) is 0 Å². The molecule has 1 amide bonds. The summed E-state index contributed by atoms with van der Waals surface area (Å²) in [6.45, 7) is 4.55. The van der Waals surface area contributed by atoms with E-state index < -0.39 is 0 Å². The van der Waals surface area contributed by atoms with Crippen molar-refractivity contribution in [3.05, 3.63) is 46.5 Å². The molecule has 0 aliphatic carbocycles. The number of nitrogens with one attached hydrogen (secondary N) is 1. The molecular formula is C18H20N4O3. The summed E-state index contributed by atoms with van der Waals surface area (Å²) in [5.74, 6) is -0.218. The molecule has 0 radical (unpaired) electrons. The molecule has 0 fully saturated rings. The molecule has 0 atom stereocenters. The number of nitrogens with zero attached hydrogens (tertiary/aromatic N) is 3. The number of amides is 1. The Balaban J connectivity index is 1.93. The number of hydrogen-bond donors (Lipinski definition) is 1. The molecule has 1 aromatic carbocycles. The predicted octanol–water partition coefficient (Wildman–Crippen LogP) is 2.28. The third-order valence-electron chi connectivity index (χ3n) is 3.95. The summed E-state index contributed by atoms with van der Waals surface area (Å²) in [5, 5.41) is 7.06. The molecule has 7 nitrogen and oxygen atoms in total. The van der Waals surface area contributed by atoms with Gasteiger partial charge >= 0.3 is 0 Å². The number of aryl methyl sites for hydroxylation is 1. The molecule has 25 heavy (non-hydrogen) atoms. The van der Waals surface area contributed by atoms with Crippen LogP contribution in [0.3, 0.4) is 0 Å². The Morgan fingerprint density at radius 2 is 2.04 bits per heavy atom. The van der Waals surface area contributed by atoms with E-state index in [2.05, 4.69) is 15.5 Å². The standard InChI is InChI=1S/C18H20N4O3/c1-3-4-9-19-14(23)10-22-11-20-17-15(18(22)24)16(21-25-17)13-7-5-12(2)6-8-13/h5-8,11H,3-4,9-10H2,1-2H3,(H,19,23). The fourth-order valence-corrected chi connectivity index (χ4v) is 2.52. The van der Waals surface area contributed by atoms with Crippen LogP contribution in [0.25, 0.3) is 22.4 Å². The van der Waals surface area contributed by atoms with Crippen LogP contribution in [0.5, 0.6) is 0 Å². The Labute approximate surface area is 144 Å². The average Bonchev–Trinajstić information content (AvgIpc) is 3.03. The van der Waals surface area contributed by atoms with Crippen LogP contribution in [0.2, 0.25) is 0 Å². The van der Waals surface area contributed by atoms with Crippen molar-refractivity contribution in [2.45, 2.75) is 33.2 Å². The summed E-state index contributed by atoms with van der Waals surface area (Å²) >= 11 is 0. The molecule has 0 bridgehead atoms. The first-order valence-electron chi connectivity index (χ1n) is 8.28. The van der Waals surface area contributed by atoms with Gasteiger partial charge in [-0.2, -0.15) is 0 Å². The second kappa shape index (κ2) is 7.29. The van der Waals surface area contributed by atoms with Gasteiger partial charge < -0.3 is 9.84 Å². The normalized spacial score (nSPS) is 11.0. The van der Waals surface area contributed by atoms with Crippen molar-refractivity contribution in [1.82, 2.24) is 20.0 Å². The quantitative estimate of drug-likeness (QED) is 0.695. The van der Waals surface area contributed by atoms with Gasteiger partial charge in [0.25, 0.3) is 11.3 Å². The van der Waals surface area contributed by atoms with E-state index in [9.17, 15) is 9.59 Å². The van der Waals surface area contributed by atoms with Crippen LogP contribution < -0.4 is 10.9 Å². The van der Waals surface area contributed by atoms with Gasteiger partial charge in [-0.05, 0) is 13.3 Å². The molecule has 2 aromatic heterocycles. The van der Waals surface area contributed by atoms with Gasteiger partial charge in [-0.3, -0.25) is 14.2 Å². The largest absolute Gasteiger partial charge is 0.355 e. The molecule has 0 saturated carbocycles. The predicted molar refractivity (Wildman–Crippen MR) is 94.2 cm³/mol. The Kier molecular flexibility index (Phi) is 4.92. The van der Waals surface area contributed by atoms with Gasteiger partial charge in [-0.15, -0.1) is 0 Å². The van der Waals surface area contributed by atoms with Gasteiger partial charge in [0.15, 0.2) is 0 Å². The van der Waals surface area contributed by atoms with E-state index in [0.717, 1.165) is 24.0 Å². The van der Waals surface area contributed by atoms with Crippen molar-refractivity contribution in [1.29, 1.82) is 0 Å². The van der Waals surface area contributed by atoms with E-state index in [-0.39, 0.29) is 29.1 Å². The van der Waals surface area contributed by atoms with Crippen LogP contribution in [-0.4, -0.2) is 27.2 Å². The Hall–Kier alpha value is -2.96. The lowest BCUT2D eigenvalue weighted by Gasteiger charge is -2.06.